The van der Waals surface area contributed by atoms with E-state index in [-0.39, 0.29) is 18.4 Å². The third-order valence-electron chi connectivity index (χ3n) is 4.71. The van der Waals surface area contributed by atoms with Gasteiger partial charge in [-0.2, -0.15) is 4.39 Å². The highest BCUT2D eigenvalue weighted by Crippen LogP contribution is 2.30. The molecule has 0 fully saturated rings. The van der Waals surface area contributed by atoms with Gasteiger partial charge in [0, 0.05) is 35.9 Å². The number of halogens is 1. The van der Waals surface area contributed by atoms with Crippen molar-refractivity contribution in [1.82, 2.24) is 10.4 Å². The van der Waals surface area contributed by atoms with E-state index in [2.05, 4.69) is 22.6 Å². The second-order valence-electron chi connectivity index (χ2n) is 7.27. The van der Waals surface area contributed by atoms with E-state index in [1.807, 2.05) is 55.5 Å². The van der Waals surface area contributed by atoms with Gasteiger partial charge in [-0.25, -0.2) is 5.43 Å². The maximum atomic E-state index is 13.7. The Morgan fingerprint density at radius 3 is 2.59 bits per heavy atom. The summed E-state index contributed by atoms with van der Waals surface area (Å²) in [5, 5.41) is 13.1. The van der Waals surface area contributed by atoms with Crippen LogP contribution < -0.4 is 10.7 Å². The SMILES string of the molecule is CC(C#Cc1ccc(-c2ccccc2NC(=O)C2(C)C=C(F)N(C)N2)cc1)CO. The molecule has 2 unspecified atom stereocenters. The minimum Gasteiger partial charge on any atom is -0.395 e. The first-order valence-electron chi connectivity index (χ1n) is 9.35. The summed E-state index contributed by atoms with van der Waals surface area (Å²) in [6.45, 7) is 3.51. The third kappa shape index (κ3) is 4.65. The summed E-state index contributed by atoms with van der Waals surface area (Å²) >= 11 is 0. The Hall–Kier alpha value is -3.14. The average Bonchev–Trinajstić information content (AvgIpc) is 2.99. The third-order valence-corrected chi connectivity index (χ3v) is 4.71. The van der Waals surface area contributed by atoms with Crippen molar-refractivity contribution in [3.63, 3.8) is 0 Å². The zero-order chi connectivity index (χ0) is 21.0. The molecule has 2 aromatic carbocycles. The number of hydrogen-bond acceptors (Lipinski definition) is 4. The zero-order valence-electron chi connectivity index (χ0n) is 16.7. The van der Waals surface area contributed by atoms with Gasteiger partial charge in [-0.3, -0.25) is 9.80 Å². The number of rotatable bonds is 4. The summed E-state index contributed by atoms with van der Waals surface area (Å²) in [6, 6.07) is 15.1. The van der Waals surface area contributed by atoms with E-state index in [4.69, 9.17) is 5.11 Å². The van der Waals surface area contributed by atoms with E-state index < -0.39 is 11.5 Å². The smallest absolute Gasteiger partial charge is 0.250 e. The number of aliphatic hydroxyl groups excluding tert-OH is 1. The lowest BCUT2D eigenvalue weighted by Gasteiger charge is -2.24. The first-order valence-corrected chi connectivity index (χ1v) is 9.35. The number of carbonyl (C=O) groups excluding carboxylic acids is 1. The molecule has 5 nitrogen and oxygen atoms in total. The van der Waals surface area contributed by atoms with E-state index >= 15 is 0 Å². The molecule has 6 heteroatoms. The minimum absolute atomic E-state index is 0.0286. The minimum atomic E-state index is -1.17. The number of hydrogen-bond donors (Lipinski definition) is 3. The van der Waals surface area contributed by atoms with Crippen molar-refractivity contribution < 1.29 is 14.3 Å². The number of aliphatic hydroxyl groups is 1. The summed E-state index contributed by atoms with van der Waals surface area (Å²) in [5.41, 5.74) is 4.90. The standard InChI is InChI=1S/C23H24FN3O2/c1-16(15-28)8-9-17-10-12-18(13-11-17)19-6-4-5-7-20(19)25-22(29)23(2)14-21(24)27(3)26-23/h4-7,10-14,16,26,28H,15H2,1-3H3,(H,25,29). The van der Waals surface area contributed by atoms with Crippen molar-refractivity contribution in [1.29, 1.82) is 0 Å². The zero-order valence-corrected chi connectivity index (χ0v) is 16.7. The largest absolute Gasteiger partial charge is 0.395 e. The van der Waals surface area contributed by atoms with Gasteiger partial charge < -0.3 is 10.4 Å². The van der Waals surface area contributed by atoms with Gasteiger partial charge in [-0.05, 0) is 37.6 Å². The molecule has 0 bridgehead atoms. The molecule has 0 aliphatic carbocycles. The van der Waals surface area contributed by atoms with Crippen molar-refractivity contribution in [3.8, 4) is 23.0 Å². The van der Waals surface area contributed by atoms with Gasteiger partial charge in [0.1, 0.15) is 5.54 Å². The van der Waals surface area contributed by atoms with Crippen LogP contribution in [0.2, 0.25) is 0 Å². The molecule has 0 radical (unpaired) electrons. The van der Waals surface area contributed by atoms with Crippen LogP contribution >= 0.6 is 0 Å². The first kappa shape index (κ1) is 20.6. The lowest BCUT2D eigenvalue weighted by atomic mass is 10.00. The molecule has 29 heavy (non-hydrogen) atoms. The summed E-state index contributed by atoms with van der Waals surface area (Å²) in [6.07, 6.45) is 1.26. The summed E-state index contributed by atoms with van der Waals surface area (Å²) in [4.78, 5) is 12.8. The molecule has 3 rings (SSSR count). The number of carbonyl (C=O) groups is 1. The van der Waals surface area contributed by atoms with Gasteiger partial charge in [-0.15, -0.1) is 0 Å². The Kier molecular flexibility index (Phi) is 6.02. The van der Waals surface area contributed by atoms with Crippen LogP contribution in [-0.2, 0) is 4.79 Å². The maximum Gasteiger partial charge on any atom is 0.250 e. The van der Waals surface area contributed by atoms with E-state index in [9.17, 15) is 9.18 Å². The van der Waals surface area contributed by atoms with E-state index in [0.29, 0.717) is 5.69 Å². The number of nitrogens with zero attached hydrogens (tertiary/aromatic N) is 1. The molecule has 1 heterocycles. The van der Waals surface area contributed by atoms with Crippen LogP contribution in [0.25, 0.3) is 11.1 Å². The highest BCUT2D eigenvalue weighted by Gasteiger charge is 2.38. The molecule has 1 aliphatic heterocycles. The summed E-state index contributed by atoms with van der Waals surface area (Å²) in [5.74, 6) is 5.09. The summed E-state index contributed by atoms with van der Waals surface area (Å²) in [7, 11) is 1.52. The number of anilines is 1. The molecule has 0 saturated carbocycles. The highest BCUT2D eigenvalue weighted by molar-refractivity contribution is 6.02. The van der Waals surface area contributed by atoms with E-state index in [1.165, 1.54) is 18.1 Å². The molecular weight excluding hydrogens is 369 g/mol. The van der Waals surface area contributed by atoms with Gasteiger partial charge in [-0.1, -0.05) is 42.2 Å². The van der Waals surface area contributed by atoms with Crippen molar-refractivity contribution >= 4 is 11.6 Å². The molecule has 1 aliphatic rings. The molecule has 2 atom stereocenters. The average molecular weight is 393 g/mol. The second-order valence-corrected chi connectivity index (χ2v) is 7.27. The van der Waals surface area contributed by atoms with E-state index in [1.54, 1.807) is 6.92 Å². The van der Waals surface area contributed by atoms with Crippen molar-refractivity contribution in [2.75, 3.05) is 19.0 Å². The Morgan fingerprint density at radius 2 is 1.97 bits per heavy atom. The molecule has 0 spiro atoms. The highest BCUT2D eigenvalue weighted by atomic mass is 19.1. The number of amides is 1. The van der Waals surface area contributed by atoms with Crippen LogP contribution in [0.3, 0.4) is 0 Å². The maximum absolute atomic E-state index is 13.7. The predicted octanol–water partition coefficient (Wildman–Crippen LogP) is 3.29. The van der Waals surface area contributed by atoms with Crippen LogP contribution in [0, 0.1) is 17.8 Å². The number of benzene rings is 2. The Morgan fingerprint density at radius 1 is 1.28 bits per heavy atom. The van der Waals surface area contributed by atoms with Crippen molar-refractivity contribution in [2.24, 2.45) is 5.92 Å². The van der Waals surface area contributed by atoms with Crippen molar-refractivity contribution in [2.45, 2.75) is 19.4 Å². The molecule has 0 saturated heterocycles. The molecule has 2 aromatic rings. The van der Waals surface area contributed by atoms with Crippen molar-refractivity contribution in [3.05, 3.63) is 66.1 Å². The lowest BCUT2D eigenvalue weighted by Crippen LogP contribution is -2.51. The fourth-order valence-corrected chi connectivity index (χ4v) is 2.97. The van der Waals surface area contributed by atoms with Crippen LogP contribution in [-0.4, -0.2) is 35.2 Å². The van der Waals surface area contributed by atoms with E-state index in [0.717, 1.165) is 16.7 Å². The molecule has 0 aromatic heterocycles. The monoisotopic (exact) mass is 393 g/mol. The molecule has 3 N–H and O–H groups in total. The van der Waals surface area contributed by atoms with Gasteiger partial charge in [0.05, 0.1) is 6.61 Å². The van der Waals surface area contributed by atoms with Gasteiger partial charge in [0.25, 0.3) is 0 Å². The van der Waals surface area contributed by atoms with Gasteiger partial charge in [0.2, 0.25) is 11.9 Å². The molecule has 150 valence electrons. The molecule has 1 amide bonds. The normalized spacial score (nSPS) is 19.2. The van der Waals surface area contributed by atoms with Crippen LogP contribution in [0.15, 0.2) is 60.6 Å². The van der Waals surface area contributed by atoms with Gasteiger partial charge >= 0.3 is 0 Å². The topological polar surface area (TPSA) is 64.6 Å². The number of nitrogens with one attached hydrogen (secondary N) is 2. The predicted molar refractivity (Wildman–Crippen MR) is 112 cm³/mol. The van der Waals surface area contributed by atoms with Crippen LogP contribution in [0.1, 0.15) is 19.4 Å². The lowest BCUT2D eigenvalue weighted by molar-refractivity contribution is -0.120. The fourth-order valence-electron chi connectivity index (χ4n) is 2.97. The number of hydrazine groups is 1. The van der Waals surface area contributed by atoms with Crippen LogP contribution in [0.5, 0.6) is 0 Å². The second kappa shape index (κ2) is 8.48. The molecular formula is C23H24FN3O2. The van der Waals surface area contributed by atoms with Crippen LogP contribution in [0.4, 0.5) is 10.1 Å². The quantitative estimate of drug-likeness (QED) is 0.551. The fraction of sp³-hybridized carbons (Fsp3) is 0.261. The summed E-state index contributed by atoms with van der Waals surface area (Å²) < 4.78 is 13.7. The van der Waals surface area contributed by atoms with Gasteiger partial charge in [0.15, 0.2) is 0 Å². The number of para-hydroxylation sites is 1. The Labute approximate surface area is 170 Å². The first-order chi connectivity index (χ1) is 13.8. The Balaban J connectivity index is 1.82. The Bertz CT molecular complexity index is 991.